The summed E-state index contributed by atoms with van der Waals surface area (Å²) in [6.45, 7) is 0.282. The number of nitrogens with one attached hydrogen (secondary N) is 1. The van der Waals surface area contributed by atoms with Gasteiger partial charge in [-0.15, -0.1) is 0 Å². The van der Waals surface area contributed by atoms with E-state index in [0.717, 1.165) is 6.08 Å². The van der Waals surface area contributed by atoms with Crippen LogP contribution in [0.15, 0.2) is 24.3 Å². The van der Waals surface area contributed by atoms with Gasteiger partial charge in [0.25, 0.3) is 0 Å². The first kappa shape index (κ1) is 12.8. The van der Waals surface area contributed by atoms with Crippen LogP contribution >= 0.6 is 23.2 Å². The molecule has 6 heteroatoms. The third-order valence-electron chi connectivity index (χ3n) is 1.67. The van der Waals surface area contributed by atoms with Crippen molar-refractivity contribution in [2.24, 2.45) is 0 Å². The van der Waals surface area contributed by atoms with E-state index in [1.165, 1.54) is 18.2 Å². The third kappa shape index (κ3) is 3.72. The van der Waals surface area contributed by atoms with E-state index in [9.17, 15) is 9.18 Å². The second kappa shape index (κ2) is 5.72. The van der Waals surface area contributed by atoms with Crippen LogP contribution < -0.4 is 5.32 Å². The van der Waals surface area contributed by atoms with E-state index in [2.05, 4.69) is 5.32 Å². The van der Waals surface area contributed by atoms with Crippen LogP contribution in [0.1, 0.15) is 0 Å². The summed E-state index contributed by atoms with van der Waals surface area (Å²) in [5.74, 6) is -1.70. The van der Waals surface area contributed by atoms with Crippen molar-refractivity contribution < 1.29 is 14.3 Å². The van der Waals surface area contributed by atoms with Crippen LogP contribution in [0.4, 0.5) is 10.1 Å². The Balaban J connectivity index is 2.65. The van der Waals surface area contributed by atoms with Crippen LogP contribution in [0, 0.1) is 5.82 Å². The van der Waals surface area contributed by atoms with Crippen LogP contribution in [0.25, 0.3) is 0 Å². The molecule has 1 aromatic carbocycles. The topological polar surface area (TPSA) is 49.3 Å². The molecule has 3 nitrogen and oxygen atoms in total. The molecule has 2 N–H and O–H groups in total. The quantitative estimate of drug-likeness (QED) is 0.648. The van der Waals surface area contributed by atoms with Crippen LogP contribution in [-0.2, 0) is 4.79 Å². The predicted octanol–water partition coefficient (Wildman–Crippen LogP) is 3.19. The largest absolute Gasteiger partial charge is 0.478 e. The summed E-state index contributed by atoms with van der Waals surface area (Å²) < 4.78 is 13.0. The van der Waals surface area contributed by atoms with Gasteiger partial charge in [-0.3, -0.25) is 0 Å². The number of aliphatic carboxylic acids is 1. The van der Waals surface area contributed by atoms with E-state index in [-0.39, 0.29) is 16.6 Å². The van der Waals surface area contributed by atoms with Crippen molar-refractivity contribution in [1.29, 1.82) is 0 Å². The summed E-state index contributed by atoms with van der Waals surface area (Å²) in [6, 6.07) is 2.74. The highest BCUT2D eigenvalue weighted by Gasteiger charge is 2.06. The zero-order valence-electron chi connectivity index (χ0n) is 8.01. The van der Waals surface area contributed by atoms with Crippen molar-refractivity contribution in [2.75, 3.05) is 11.9 Å². The van der Waals surface area contributed by atoms with E-state index in [1.54, 1.807) is 0 Å². The van der Waals surface area contributed by atoms with Crippen LogP contribution in [0.2, 0.25) is 10.0 Å². The SMILES string of the molecule is O=C(O)/C=C/CNc1cc(Cl)c(F)c(Cl)c1. The zero-order chi connectivity index (χ0) is 12.1. The molecule has 0 unspecified atom stereocenters. The summed E-state index contributed by atoms with van der Waals surface area (Å²) in [4.78, 5) is 10.2. The molecule has 0 saturated heterocycles. The lowest BCUT2D eigenvalue weighted by Gasteiger charge is -2.05. The minimum atomic E-state index is -1.03. The summed E-state index contributed by atoms with van der Waals surface area (Å²) in [7, 11) is 0. The van der Waals surface area contributed by atoms with E-state index in [1.807, 2.05) is 0 Å². The maximum atomic E-state index is 13.0. The fourth-order valence-corrected chi connectivity index (χ4v) is 1.48. The number of benzene rings is 1. The number of carboxylic acid groups (broad SMARTS) is 1. The van der Waals surface area contributed by atoms with Gasteiger partial charge in [0.2, 0.25) is 0 Å². The third-order valence-corrected chi connectivity index (χ3v) is 2.22. The predicted molar refractivity (Wildman–Crippen MR) is 61.7 cm³/mol. The van der Waals surface area contributed by atoms with Crippen LogP contribution in [0.3, 0.4) is 0 Å². The molecule has 1 rings (SSSR count). The molecule has 0 fully saturated rings. The lowest BCUT2D eigenvalue weighted by molar-refractivity contribution is -0.131. The molecule has 0 radical (unpaired) electrons. The van der Waals surface area contributed by atoms with Crippen LogP contribution in [0.5, 0.6) is 0 Å². The van der Waals surface area contributed by atoms with Gasteiger partial charge in [0, 0.05) is 18.3 Å². The lowest BCUT2D eigenvalue weighted by Crippen LogP contribution is -2.00. The Bertz CT molecular complexity index is 412. The highest BCUT2D eigenvalue weighted by atomic mass is 35.5. The minimum absolute atomic E-state index is 0.0859. The smallest absolute Gasteiger partial charge is 0.328 e. The maximum absolute atomic E-state index is 13.0. The van der Waals surface area contributed by atoms with Crippen molar-refractivity contribution in [3.05, 3.63) is 40.1 Å². The fraction of sp³-hybridized carbons (Fsp3) is 0.100. The Morgan fingerprint density at radius 2 is 2.00 bits per heavy atom. The van der Waals surface area contributed by atoms with Gasteiger partial charge in [-0.05, 0) is 12.1 Å². The Morgan fingerprint density at radius 1 is 1.44 bits per heavy atom. The number of halogens is 3. The highest BCUT2D eigenvalue weighted by Crippen LogP contribution is 2.27. The number of hydrogen-bond donors (Lipinski definition) is 2. The Morgan fingerprint density at radius 3 is 2.50 bits per heavy atom. The van der Waals surface area contributed by atoms with Gasteiger partial charge >= 0.3 is 5.97 Å². The number of carbonyl (C=O) groups is 1. The Labute approximate surface area is 101 Å². The molecule has 1 aromatic rings. The van der Waals surface area contributed by atoms with E-state index >= 15 is 0 Å². The molecule has 0 bridgehead atoms. The monoisotopic (exact) mass is 263 g/mol. The van der Waals surface area contributed by atoms with Gasteiger partial charge in [0.15, 0.2) is 5.82 Å². The van der Waals surface area contributed by atoms with Crippen molar-refractivity contribution in [2.45, 2.75) is 0 Å². The summed E-state index contributed by atoms with van der Waals surface area (Å²) in [5.41, 5.74) is 0.520. The first-order valence-electron chi connectivity index (χ1n) is 4.28. The number of rotatable bonds is 4. The second-order valence-electron chi connectivity index (χ2n) is 2.88. The molecule has 0 aromatic heterocycles. The molecular weight excluding hydrogens is 256 g/mol. The number of hydrogen-bond acceptors (Lipinski definition) is 2. The summed E-state index contributed by atoms with van der Waals surface area (Å²) in [6.07, 6.45) is 2.41. The number of anilines is 1. The average Bonchev–Trinajstić information content (AvgIpc) is 2.20. The molecule has 0 amide bonds. The molecule has 0 heterocycles. The lowest BCUT2D eigenvalue weighted by atomic mass is 10.3. The van der Waals surface area contributed by atoms with Gasteiger partial charge in [0.05, 0.1) is 10.0 Å². The Kier molecular flexibility index (Phi) is 4.58. The molecule has 0 aliphatic rings. The molecule has 0 spiro atoms. The summed E-state index contributed by atoms with van der Waals surface area (Å²) >= 11 is 11.1. The van der Waals surface area contributed by atoms with Crippen LogP contribution in [-0.4, -0.2) is 17.6 Å². The highest BCUT2D eigenvalue weighted by molar-refractivity contribution is 6.35. The molecule has 0 saturated carbocycles. The zero-order valence-corrected chi connectivity index (χ0v) is 9.52. The van der Waals surface area contributed by atoms with E-state index < -0.39 is 11.8 Å². The van der Waals surface area contributed by atoms with Gasteiger partial charge < -0.3 is 10.4 Å². The second-order valence-corrected chi connectivity index (χ2v) is 3.69. The maximum Gasteiger partial charge on any atom is 0.328 e. The average molecular weight is 264 g/mol. The molecule has 16 heavy (non-hydrogen) atoms. The van der Waals surface area contributed by atoms with Crippen molar-refractivity contribution in [3.63, 3.8) is 0 Å². The van der Waals surface area contributed by atoms with Gasteiger partial charge in [-0.1, -0.05) is 29.3 Å². The normalized spacial score (nSPS) is 10.7. The molecular formula is C10H8Cl2FNO2. The summed E-state index contributed by atoms with van der Waals surface area (Å²) in [5, 5.41) is 11.0. The van der Waals surface area contributed by atoms with Crippen molar-refractivity contribution in [1.82, 2.24) is 0 Å². The molecule has 0 aliphatic heterocycles. The minimum Gasteiger partial charge on any atom is -0.478 e. The fourth-order valence-electron chi connectivity index (χ4n) is 0.994. The molecule has 0 atom stereocenters. The standard InChI is InChI=1S/C10H8Cl2FNO2/c11-7-4-6(5-8(12)10(7)13)14-3-1-2-9(15)16/h1-2,4-5,14H,3H2,(H,15,16)/b2-1+. The van der Waals surface area contributed by atoms with Gasteiger partial charge in [0.1, 0.15) is 0 Å². The Hall–Kier alpha value is -1.26. The molecule has 86 valence electrons. The van der Waals surface area contributed by atoms with Crippen molar-refractivity contribution >= 4 is 34.9 Å². The first-order chi connectivity index (χ1) is 7.50. The van der Waals surface area contributed by atoms with Gasteiger partial charge in [-0.25, -0.2) is 9.18 Å². The van der Waals surface area contributed by atoms with E-state index in [4.69, 9.17) is 28.3 Å². The van der Waals surface area contributed by atoms with E-state index in [0.29, 0.717) is 5.69 Å². The first-order valence-corrected chi connectivity index (χ1v) is 5.04. The number of carboxylic acids is 1. The molecule has 0 aliphatic carbocycles. The van der Waals surface area contributed by atoms with Gasteiger partial charge in [-0.2, -0.15) is 0 Å². The van der Waals surface area contributed by atoms with Crippen molar-refractivity contribution in [3.8, 4) is 0 Å².